The first-order valence-corrected chi connectivity index (χ1v) is 6.83. The Morgan fingerprint density at radius 2 is 1.35 bits per heavy atom. The highest BCUT2D eigenvalue weighted by atomic mass is 35.5. The molecule has 0 spiro atoms. The SMILES string of the molecule is C[C@@H](c1cc(C(F)(F)F)cc(C(F)(F)F)c1)N1CCNCC1.Cl. The fourth-order valence-electron chi connectivity index (χ4n) is 2.50. The second kappa shape index (κ2) is 7.27. The van der Waals surface area contributed by atoms with Crippen molar-refractivity contribution in [1.82, 2.24) is 10.2 Å². The highest BCUT2D eigenvalue weighted by molar-refractivity contribution is 5.85. The molecule has 0 amide bonds. The zero-order chi connectivity index (χ0) is 16.5. The van der Waals surface area contributed by atoms with Crippen LogP contribution in [-0.2, 0) is 12.4 Å². The molecular formula is C14H17ClF6N2. The Morgan fingerprint density at radius 1 is 0.913 bits per heavy atom. The number of benzene rings is 1. The second-order valence-corrected chi connectivity index (χ2v) is 5.30. The summed E-state index contributed by atoms with van der Waals surface area (Å²) in [5.74, 6) is 0. The Bertz CT molecular complexity index is 491. The highest BCUT2D eigenvalue weighted by Gasteiger charge is 2.37. The lowest BCUT2D eigenvalue weighted by Gasteiger charge is -2.33. The molecule has 2 nitrogen and oxygen atoms in total. The van der Waals surface area contributed by atoms with Crippen molar-refractivity contribution < 1.29 is 26.3 Å². The predicted molar refractivity (Wildman–Crippen MR) is 76.6 cm³/mol. The molecule has 2 rings (SSSR count). The van der Waals surface area contributed by atoms with Crippen LogP contribution in [0.1, 0.15) is 29.7 Å². The van der Waals surface area contributed by atoms with Gasteiger partial charge < -0.3 is 5.32 Å². The third kappa shape index (κ3) is 4.99. The minimum atomic E-state index is -4.81. The molecule has 1 aromatic carbocycles. The van der Waals surface area contributed by atoms with Crippen molar-refractivity contribution in [2.24, 2.45) is 0 Å². The van der Waals surface area contributed by atoms with Gasteiger partial charge in [0.1, 0.15) is 0 Å². The molecule has 0 aliphatic carbocycles. The standard InChI is InChI=1S/C14H16F6N2.ClH/c1-9(22-4-2-21-3-5-22)10-6-11(13(15,16)17)8-12(7-10)14(18,19)20;/h6-9,21H,2-5H2,1H3;1H/t9-;/m0./s1. The average molecular weight is 363 g/mol. The summed E-state index contributed by atoms with van der Waals surface area (Å²) in [7, 11) is 0. The van der Waals surface area contributed by atoms with Crippen molar-refractivity contribution in [3.8, 4) is 0 Å². The van der Waals surface area contributed by atoms with Crippen LogP contribution in [0.4, 0.5) is 26.3 Å². The number of hydrogen-bond donors (Lipinski definition) is 1. The molecule has 1 aliphatic rings. The fraction of sp³-hybridized carbons (Fsp3) is 0.571. The summed E-state index contributed by atoms with van der Waals surface area (Å²) in [5, 5.41) is 3.09. The summed E-state index contributed by atoms with van der Waals surface area (Å²) in [5.41, 5.74) is -2.50. The van der Waals surface area contributed by atoms with Crippen LogP contribution in [0.5, 0.6) is 0 Å². The molecule has 1 aromatic rings. The fourth-order valence-corrected chi connectivity index (χ4v) is 2.50. The van der Waals surface area contributed by atoms with Crippen LogP contribution in [0, 0.1) is 0 Å². The maximum atomic E-state index is 12.9. The quantitative estimate of drug-likeness (QED) is 0.796. The van der Waals surface area contributed by atoms with Gasteiger partial charge in [0.05, 0.1) is 11.1 Å². The summed E-state index contributed by atoms with van der Waals surface area (Å²) in [6, 6.07) is 1.27. The van der Waals surface area contributed by atoms with Gasteiger partial charge in [-0.15, -0.1) is 12.4 Å². The lowest BCUT2D eigenvalue weighted by molar-refractivity contribution is -0.143. The molecular weight excluding hydrogens is 346 g/mol. The Balaban J connectivity index is 0.00000264. The van der Waals surface area contributed by atoms with E-state index < -0.39 is 29.5 Å². The summed E-state index contributed by atoms with van der Waals surface area (Å²) in [6.07, 6.45) is -9.61. The van der Waals surface area contributed by atoms with Crippen LogP contribution in [0.2, 0.25) is 0 Å². The monoisotopic (exact) mass is 362 g/mol. The first-order valence-electron chi connectivity index (χ1n) is 6.83. The Hall–Kier alpha value is -0.990. The van der Waals surface area contributed by atoms with Gasteiger partial charge in [-0.3, -0.25) is 4.90 Å². The lowest BCUT2D eigenvalue weighted by atomic mass is 9.99. The molecule has 0 aromatic heterocycles. The number of nitrogens with one attached hydrogen (secondary N) is 1. The van der Waals surface area contributed by atoms with Crippen molar-refractivity contribution >= 4 is 12.4 Å². The van der Waals surface area contributed by atoms with Gasteiger partial charge in [0.25, 0.3) is 0 Å². The number of alkyl halides is 6. The molecule has 1 fully saturated rings. The van der Waals surface area contributed by atoms with Crippen molar-refractivity contribution in [2.45, 2.75) is 25.3 Å². The third-order valence-corrected chi connectivity index (χ3v) is 3.79. The van der Waals surface area contributed by atoms with Gasteiger partial charge in [-0.05, 0) is 30.7 Å². The lowest BCUT2D eigenvalue weighted by Crippen LogP contribution is -2.44. The molecule has 1 saturated heterocycles. The van der Waals surface area contributed by atoms with Crippen LogP contribution in [0.3, 0.4) is 0 Å². The summed E-state index contributed by atoms with van der Waals surface area (Å²) in [4.78, 5) is 1.87. The molecule has 1 atom stereocenters. The van der Waals surface area contributed by atoms with Gasteiger partial charge >= 0.3 is 12.4 Å². The molecule has 23 heavy (non-hydrogen) atoms. The molecule has 132 valence electrons. The number of halogens is 7. The van der Waals surface area contributed by atoms with E-state index in [2.05, 4.69) is 5.32 Å². The number of hydrogen-bond acceptors (Lipinski definition) is 2. The summed E-state index contributed by atoms with van der Waals surface area (Å²) < 4.78 is 77.1. The van der Waals surface area contributed by atoms with Gasteiger partial charge in [0, 0.05) is 32.2 Å². The molecule has 1 N–H and O–H groups in total. The Labute approximate surface area is 136 Å². The van der Waals surface area contributed by atoms with E-state index in [1.807, 2.05) is 4.90 Å². The van der Waals surface area contributed by atoms with E-state index in [-0.39, 0.29) is 24.0 Å². The van der Waals surface area contributed by atoms with Gasteiger partial charge in [0.15, 0.2) is 0 Å². The van der Waals surface area contributed by atoms with E-state index in [4.69, 9.17) is 0 Å². The number of nitrogens with zero attached hydrogens (tertiary/aromatic N) is 1. The smallest absolute Gasteiger partial charge is 0.314 e. The largest absolute Gasteiger partial charge is 0.416 e. The van der Waals surface area contributed by atoms with Crippen molar-refractivity contribution in [3.05, 3.63) is 34.9 Å². The summed E-state index contributed by atoms with van der Waals surface area (Å²) >= 11 is 0. The van der Waals surface area contributed by atoms with E-state index in [1.54, 1.807) is 6.92 Å². The Kier molecular flexibility index (Phi) is 6.34. The molecule has 1 heterocycles. The maximum absolute atomic E-state index is 12.9. The van der Waals surface area contributed by atoms with E-state index in [9.17, 15) is 26.3 Å². The van der Waals surface area contributed by atoms with E-state index in [0.717, 1.165) is 12.1 Å². The molecule has 0 saturated carbocycles. The van der Waals surface area contributed by atoms with Crippen molar-refractivity contribution in [3.63, 3.8) is 0 Å². The number of piperazine rings is 1. The van der Waals surface area contributed by atoms with Crippen molar-refractivity contribution in [2.75, 3.05) is 26.2 Å². The van der Waals surface area contributed by atoms with Gasteiger partial charge in [-0.1, -0.05) is 0 Å². The zero-order valence-corrected chi connectivity index (χ0v) is 13.1. The Morgan fingerprint density at radius 3 is 1.74 bits per heavy atom. The topological polar surface area (TPSA) is 15.3 Å². The first kappa shape index (κ1) is 20.1. The maximum Gasteiger partial charge on any atom is 0.416 e. The predicted octanol–water partition coefficient (Wildman–Crippen LogP) is 4.11. The molecule has 9 heteroatoms. The molecule has 0 bridgehead atoms. The minimum Gasteiger partial charge on any atom is -0.314 e. The van der Waals surface area contributed by atoms with Gasteiger partial charge in [0.2, 0.25) is 0 Å². The zero-order valence-electron chi connectivity index (χ0n) is 12.3. The normalized spacial score (nSPS) is 18.4. The number of rotatable bonds is 2. The van der Waals surface area contributed by atoms with Crippen LogP contribution >= 0.6 is 12.4 Å². The van der Waals surface area contributed by atoms with Crippen molar-refractivity contribution in [1.29, 1.82) is 0 Å². The third-order valence-electron chi connectivity index (χ3n) is 3.79. The van der Waals surface area contributed by atoms with E-state index in [0.29, 0.717) is 26.2 Å². The second-order valence-electron chi connectivity index (χ2n) is 5.30. The molecule has 1 aliphatic heterocycles. The minimum absolute atomic E-state index is 0. The van der Waals surface area contributed by atoms with E-state index >= 15 is 0 Å². The van der Waals surface area contributed by atoms with Crippen LogP contribution in [0.25, 0.3) is 0 Å². The first-order chi connectivity index (χ1) is 10.1. The van der Waals surface area contributed by atoms with Gasteiger partial charge in [-0.2, -0.15) is 26.3 Å². The van der Waals surface area contributed by atoms with Crippen LogP contribution in [0.15, 0.2) is 18.2 Å². The van der Waals surface area contributed by atoms with E-state index in [1.165, 1.54) is 0 Å². The van der Waals surface area contributed by atoms with Crippen LogP contribution in [-0.4, -0.2) is 31.1 Å². The molecule has 0 radical (unpaired) electrons. The summed E-state index contributed by atoms with van der Waals surface area (Å²) in [6.45, 7) is 4.11. The highest BCUT2D eigenvalue weighted by Crippen LogP contribution is 2.38. The molecule has 0 unspecified atom stereocenters. The average Bonchev–Trinajstić information content (AvgIpc) is 2.45. The van der Waals surface area contributed by atoms with Gasteiger partial charge in [-0.25, -0.2) is 0 Å². The van der Waals surface area contributed by atoms with Crippen LogP contribution < -0.4 is 5.32 Å².